The molecule has 0 N–H and O–H groups in total. The largest absolute Gasteiger partial charge is 0.228 e. The van der Waals surface area contributed by atoms with Crippen molar-refractivity contribution in [1.82, 2.24) is 4.98 Å². The number of hydrogen-bond acceptors (Lipinski definition) is 1. The topological polar surface area (TPSA) is 12.9 Å². The van der Waals surface area contributed by atoms with Crippen LogP contribution in [0, 0.1) is 17.8 Å². The van der Waals surface area contributed by atoms with Crippen molar-refractivity contribution in [3.05, 3.63) is 54.1 Å². The molecule has 1 heterocycles. The fraction of sp³-hybridized carbons (Fsp3) is 0.577. The minimum atomic E-state index is -0.425. The van der Waals surface area contributed by atoms with Crippen molar-refractivity contribution in [1.29, 1.82) is 0 Å². The summed E-state index contributed by atoms with van der Waals surface area (Å²) in [6.07, 6.45) is 15.7. The SMILES string of the molecule is CCCCCCCC1CCC(C(C)c2ccc(-c3ccc(F)nc3)cc2)CC1. The molecule has 0 radical (unpaired) electrons. The zero-order valence-electron chi connectivity index (χ0n) is 17.7. The molecule has 1 atom stereocenters. The Morgan fingerprint density at radius 2 is 1.57 bits per heavy atom. The molecule has 0 saturated heterocycles. The van der Waals surface area contributed by atoms with Crippen LogP contribution in [0.4, 0.5) is 4.39 Å². The van der Waals surface area contributed by atoms with Gasteiger partial charge in [-0.1, -0.05) is 89.5 Å². The van der Waals surface area contributed by atoms with Gasteiger partial charge in [0.1, 0.15) is 0 Å². The Morgan fingerprint density at radius 3 is 2.21 bits per heavy atom. The standard InChI is InChI=1S/C26H36FN/c1-3-4-5-6-7-8-21-9-11-22(12-10-21)20(2)23-13-15-24(16-14-23)25-17-18-26(27)28-19-25/h13-22H,3-12H2,1-2H3. The second-order valence-electron chi connectivity index (χ2n) is 8.76. The summed E-state index contributed by atoms with van der Waals surface area (Å²) < 4.78 is 13.0. The fourth-order valence-electron chi connectivity index (χ4n) is 4.81. The molecule has 1 fully saturated rings. The molecule has 0 aliphatic heterocycles. The maximum Gasteiger partial charge on any atom is 0.212 e. The van der Waals surface area contributed by atoms with Crippen LogP contribution in [-0.4, -0.2) is 4.98 Å². The van der Waals surface area contributed by atoms with Crippen LogP contribution in [0.15, 0.2) is 42.6 Å². The van der Waals surface area contributed by atoms with E-state index in [1.165, 1.54) is 75.8 Å². The number of hydrogen-bond donors (Lipinski definition) is 0. The number of unbranched alkanes of at least 4 members (excludes halogenated alkanes) is 4. The van der Waals surface area contributed by atoms with Gasteiger partial charge in [0.25, 0.3) is 0 Å². The summed E-state index contributed by atoms with van der Waals surface area (Å²) in [5, 5.41) is 0. The average Bonchev–Trinajstić information content (AvgIpc) is 2.74. The Kier molecular flexibility index (Phi) is 8.06. The van der Waals surface area contributed by atoms with Gasteiger partial charge in [-0.05, 0) is 53.9 Å². The highest BCUT2D eigenvalue weighted by atomic mass is 19.1. The lowest BCUT2D eigenvalue weighted by Crippen LogP contribution is -2.19. The van der Waals surface area contributed by atoms with Crippen molar-refractivity contribution in [2.24, 2.45) is 11.8 Å². The first kappa shape index (κ1) is 21.0. The van der Waals surface area contributed by atoms with Crippen LogP contribution in [0.3, 0.4) is 0 Å². The minimum Gasteiger partial charge on any atom is -0.228 e. The predicted molar refractivity (Wildman–Crippen MR) is 117 cm³/mol. The van der Waals surface area contributed by atoms with E-state index in [0.29, 0.717) is 5.92 Å². The summed E-state index contributed by atoms with van der Waals surface area (Å²) in [6.45, 7) is 4.68. The number of aromatic nitrogens is 1. The van der Waals surface area contributed by atoms with Crippen molar-refractivity contribution >= 4 is 0 Å². The Hall–Kier alpha value is -1.70. The Bertz CT molecular complexity index is 683. The molecule has 1 aromatic carbocycles. The monoisotopic (exact) mass is 381 g/mol. The number of pyridine rings is 1. The molecule has 152 valence electrons. The van der Waals surface area contributed by atoms with Gasteiger partial charge in [-0.3, -0.25) is 0 Å². The molecule has 1 aliphatic rings. The molecular formula is C26H36FN. The van der Waals surface area contributed by atoms with Gasteiger partial charge in [-0.2, -0.15) is 4.39 Å². The van der Waals surface area contributed by atoms with Crippen molar-refractivity contribution in [3.8, 4) is 11.1 Å². The summed E-state index contributed by atoms with van der Waals surface area (Å²) in [7, 11) is 0. The summed E-state index contributed by atoms with van der Waals surface area (Å²) in [4.78, 5) is 3.76. The van der Waals surface area contributed by atoms with Crippen LogP contribution in [0.5, 0.6) is 0 Å². The molecular weight excluding hydrogens is 345 g/mol. The van der Waals surface area contributed by atoms with E-state index in [4.69, 9.17) is 0 Å². The summed E-state index contributed by atoms with van der Waals surface area (Å²) in [5.41, 5.74) is 3.51. The highest BCUT2D eigenvalue weighted by Gasteiger charge is 2.25. The van der Waals surface area contributed by atoms with Crippen LogP contribution in [0.1, 0.15) is 89.5 Å². The van der Waals surface area contributed by atoms with Crippen LogP contribution < -0.4 is 0 Å². The van der Waals surface area contributed by atoms with Gasteiger partial charge < -0.3 is 0 Å². The van der Waals surface area contributed by atoms with E-state index >= 15 is 0 Å². The second-order valence-corrected chi connectivity index (χ2v) is 8.76. The van der Waals surface area contributed by atoms with E-state index in [2.05, 4.69) is 43.1 Å². The second kappa shape index (κ2) is 10.7. The lowest BCUT2D eigenvalue weighted by atomic mass is 9.73. The van der Waals surface area contributed by atoms with Crippen molar-refractivity contribution in [2.75, 3.05) is 0 Å². The highest BCUT2D eigenvalue weighted by Crippen LogP contribution is 2.39. The Labute approximate surface area is 170 Å². The smallest absolute Gasteiger partial charge is 0.212 e. The average molecular weight is 382 g/mol. The zero-order chi connectivity index (χ0) is 19.8. The van der Waals surface area contributed by atoms with Crippen LogP contribution >= 0.6 is 0 Å². The van der Waals surface area contributed by atoms with E-state index < -0.39 is 5.95 Å². The molecule has 0 spiro atoms. The van der Waals surface area contributed by atoms with E-state index in [9.17, 15) is 4.39 Å². The number of halogens is 1. The molecule has 1 saturated carbocycles. The third-order valence-electron chi connectivity index (χ3n) is 6.81. The van der Waals surface area contributed by atoms with Gasteiger partial charge in [0.2, 0.25) is 5.95 Å². The third kappa shape index (κ3) is 5.90. The van der Waals surface area contributed by atoms with E-state index in [-0.39, 0.29) is 0 Å². The molecule has 28 heavy (non-hydrogen) atoms. The van der Waals surface area contributed by atoms with Gasteiger partial charge in [0.15, 0.2) is 0 Å². The summed E-state index contributed by atoms with van der Waals surface area (Å²) in [6, 6.07) is 12.0. The van der Waals surface area contributed by atoms with Crippen LogP contribution in [-0.2, 0) is 0 Å². The Morgan fingerprint density at radius 1 is 0.893 bits per heavy atom. The van der Waals surface area contributed by atoms with Crippen molar-refractivity contribution < 1.29 is 4.39 Å². The lowest BCUT2D eigenvalue weighted by Gasteiger charge is -2.32. The third-order valence-corrected chi connectivity index (χ3v) is 6.81. The zero-order valence-corrected chi connectivity index (χ0v) is 17.7. The van der Waals surface area contributed by atoms with Gasteiger partial charge in [-0.15, -0.1) is 0 Å². The molecule has 0 amide bonds. The highest BCUT2D eigenvalue weighted by molar-refractivity contribution is 5.62. The summed E-state index contributed by atoms with van der Waals surface area (Å²) in [5.74, 6) is 1.98. The Balaban J connectivity index is 1.47. The van der Waals surface area contributed by atoms with Crippen molar-refractivity contribution in [2.45, 2.75) is 84.0 Å². The van der Waals surface area contributed by atoms with Crippen LogP contribution in [0.25, 0.3) is 11.1 Å². The molecule has 1 nitrogen and oxygen atoms in total. The van der Waals surface area contributed by atoms with Gasteiger partial charge in [0.05, 0.1) is 0 Å². The molecule has 2 aromatic rings. The minimum absolute atomic E-state index is 0.425. The first-order valence-electron chi connectivity index (χ1n) is 11.4. The normalized spacial score (nSPS) is 20.8. The maximum absolute atomic E-state index is 13.0. The van der Waals surface area contributed by atoms with Crippen molar-refractivity contribution in [3.63, 3.8) is 0 Å². The maximum atomic E-state index is 13.0. The molecule has 3 rings (SSSR count). The molecule has 1 aromatic heterocycles. The lowest BCUT2D eigenvalue weighted by molar-refractivity contribution is 0.236. The predicted octanol–water partition coefficient (Wildman–Crippen LogP) is 8.16. The summed E-state index contributed by atoms with van der Waals surface area (Å²) >= 11 is 0. The molecule has 1 unspecified atom stereocenters. The van der Waals surface area contributed by atoms with Gasteiger partial charge in [-0.25, -0.2) is 4.98 Å². The number of nitrogens with zero attached hydrogens (tertiary/aromatic N) is 1. The first-order valence-corrected chi connectivity index (χ1v) is 11.4. The van der Waals surface area contributed by atoms with Gasteiger partial charge in [0, 0.05) is 11.8 Å². The molecule has 0 bridgehead atoms. The number of rotatable bonds is 9. The van der Waals surface area contributed by atoms with Gasteiger partial charge >= 0.3 is 0 Å². The van der Waals surface area contributed by atoms with E-state index in [0.717, 1.165) is 23.0 Å². The van der Waals surface area contributed by atoms with E-state index in [1.54, 1.807) is 12.3 Å². The number of benzene rings is 1. The fourth-order valence-corrected chi connectivity index (χ4v) is 4.81. The van der Waals surface area contributed by atoms with E-state index in [1.807, 2.05) is 0 Å². The first-order chi connectivity index (χ1) is 13.7. The molecule has 2 heteroatoms. The van der Waals surface area contributed by atoms with Crippen LogP contribution in [0.2, 0.25) is 0 Å². The quantitative estimate of drug-likeness (QED) is 0.315. The molecule has 1 aliphatic carbocycles.